The number of aromatic nitrogens is 1. The first kappa shape index (κ1) is 21.5. The van der Waals surface area contributed by atoms with E-state index >= 15 is 0 Å². The number of nitrogens with one attached hydrogen (secondary N) is 1. The molecule has 33 heavy (non-hydrogen) atoms. The molecule has 4 heterocycles. The molecule has 0 spiro atoms. The Balaban J connectivity index is 1.46. The van der Waals surface area contributed by atoms with Crippen LogP contribution in [0.3, 0.4) is 0 Å². The smallest absolute Gasteiger partial charge is 0.276 e. The maximum atomic E-state index is 13.9. The molecular weight excluding hydrogens is 440 g/mol. The average molecular weight is 461 g/mol. The van der Waals surface area contributed by atoms with Crippen LogP contribution in [0.4, 0.5) is 8.78 Å². The van der Waals surface area contributed by atoms with Gasteiger partial charge < -0.3 is 29.0 Å². The van der Waals surface area contributed by atoms with Gasteiger partial charge in [0.25, 0.3) is 11.8 Å². The topological polar surface area (TPSA) is 99.1 Å². The van der Waals surface area contributed by atoms with Crippen LogP contribution in [0.5, 0.6) is 5.75 Å². The summed E-state index contributed by atoms with van der Waals surface area (Å²) in [7, 11) is 1.25. The van der Waals surface area contributed by atoms with Gasteiger partial charge >= 0.3 is 0 Å². The molecule has 0 aliphatic carbocycles. The molecular formula is C22H21F2N3O6. The summed E-state index contributed by atoms with van der Waals surface area (Å²) in [6.07, 6.45) is 1.24. The maximum absolute atomic E-state index is 13.9. The summed E-state index contributed by atoms with van der Waals surface area (Å²) in [5, 5.41) is 2.46. The molecule has 1 aromatic carbocycles. The van der Waals surface area contributed by atoms with Gasteiger partial charge in [-0.25, -0.2) is 8.78 Å². The second kappa shape index (κ2) is 8.23. The zero-order valence-corrected chi connectivity index (χ0v) is 17.7. The minimum Gasteiger partial charge on any atom is -0.491 e. The Morgan fingerprint density at radius 2 is 2.09 bits per heavy atom. The van der Waals surface area contributed by atoms with Crippen LogP contribution in [0.15, 0.2) is 29.2 Å². The van der Waals surface area contributed by atoms with E-state index in [1.165, 1.54) is 23.9 Å². The molecule has 1 aromatic heterocycles. The van der Waals surface area contributed by atoms with E-state index in [0.29, 0.717) is 25.7 Å². The van der Waals surface area contributed by atoms with E-state index in [1.54, 1.807) is 4.90 Å². The lowest BCUT2D eigenvalue weighted by molar-refractivity contribution is -0.206. The first-order valence-corrected chi connectivity index (χ1v) is 10.5. The molecule has 11 heteroatoms. The largest absolute Gasteiger partial charge is 0.491 e. The van der Waals surface area contributed by atoms with E-state index in [9.17, 15) is 23.2 Å². The number of fused-ring (bicyclic) bond motifs is 5. The van der Waals surface area contributed by atoms with Gasteiger partial charge in [0.05, 0.1) is 39.0 Å². The van der Waals surface area contributed by atoms with E-state index < -0.39 is 35.1 Å². The summed E-state index contributed by atoms with van der Waals surface area (Å²) in [5.74, 6) is -3.02. The van der Waals surface area contributed by atoms with Crippen molar-refractivity contribution < 1.29 is 32.6 Å². The zero-order valence-electron chi connectivity index (χ0n) is 17.7. The van der Waals surface area contributed by atoms with Gasteiger partial charge in [-0.1, -0.05) is 6.07 Å². The van der Waals surface area contributed by atoms with Crippen LogP contribution in [0.25, 0.3) is 0 Å². The van der Waals surface area contributed by atoms with Crippen LogP contribution in [0, 0.1) is 11.6 Å². The molecule has 0 radical (unpaired) electrons. The van der Waals surface area contributed by atoms with Crippen molar-refractivity contribution in [2.45, 2.75) is 37.9 Å². The first-order valence-electron chi connectivity index (χ1n) is 10.5. The SMILES string of the molecule is COc1c2n(cc(C(=O)NCc3ccc(F)cc3F)c1=O)C[C@@H]1OC3COC[C@H](C3)N1C2=O. The van der Waals surface area contributed by atoms with Crippen LogP contribution >= 0.6 is 0 Å². The number of nitrogens with zero attached hydrogens (tertiary/aromatic N) is 2. The molecule has 1 N–H and O–H groups in total. The van der Waals surface area contributed by atoms with E-state index in [0.717, 1.165) is 6.07 Å². The summed E-state index contributed by atoms with van der Waals surface area (Å²) in [4.78, 5) is 40.7. The molecule has 2 saturated heterocycles. The summed E-state index contributed by atoms with van der Waals surface area (Å²) in [5.41, 5.74) is -0.931. The monoisotopic (exact) mass is 461 g/mol. The fourth-order valence-corrected chi connectivity index (χ4v) is 4.59. The molecule has 3 atom stereocenters. The van der Waals surface area contributed by atoms with Gasteiger partial charge in [-0.2, -0.15) is 0 Å². The molecule has 9 nitrogen and oxygen atoms in total. The van der Waals surface area contributed by atoms with Crippen LogP contribution in [0.2, 0.25) is 0 Å². The van der Waals surface area contributed by atoms with Gasteiger partial charge in [-0.3, -0.25) is 14.4 Å². The van der Waals surface area contributed by atoms with Crippen molar-refractivity contribution in [3.05, 3.63) is 63.1 Å². The maximum Gasteiger partial charge on any atom is 0.276 e. The second-order valence-corrected chi connectivity index (χ2v) is 8.18. The summed E-state index contributed by atoms with van der Waals surface area (Å²) in [6.45, 7) is 0.784. The van der Waals surface area contributed by atoms with Gasteiger partial charge in [-0.05, 0) is 12.5 Å². The highest BCUT2D eigenvalue weighted by atomic mass is 19.1. The highest BCUT2D eigenvalue weighted by molar-refractivity contribution is 5.99. The normalized spacial score (nSPS) is 23.5. The number of methoxy groups -OCH3 is 1. The minimum absolute atomic E-state index is 0.0347. The minimum atomic E-state index is -0.815. The van der Waals surface area contributed by atoms with E-state index in [2.05, 4.69) is 5.32 Å². The van der Waals surface area contributed by atoms with Crippen molar-refractivity contribution in [2.75, 3.05) is 20.3 Å². The molecule has 5 rings (SSSR count). The van der Waals surface area contributed by atoms with Crippen molar-refractivity contribution in [1.29, 1.82) is 0 Å². The number of ether oxygens (including phenoxy) is 3. The van der Waals surface area contributed by atoms with E-state index in [4.69, 9.17) is 14.2 Å². The fraction of sp³-hybridized carbons (Fsp3) is 0.409. The van der Waals surface area contributed by atoms with Gasteiger partial charge in [0, 0.05) is 24.4 Å². The highest BCUT2D eigenvalue weighted by Gasteiger charge is 2.46. The summed E-state index contributed by atoms with van der Waals surface area (Å²) in [6, 6.07) is 2.82. The Morgan fingerprint density at radius 1 is 1.27 bits per heavy atom. The van der Waals surface area contributed by atoms with Crippen LogP contribution in [0.1, 0.15) is 32.8 Å². The van der Waals surface area contributed by atoms with Crippen molar-refractivity contribution in [1.82, 2.24) is 14.8 Å². The number of hydrogen-bond donors (Lipinski definition) is 1. The summed E-state index contributed by atoms with van der Waals surface area (Å²) < 4.78 is 45.2. The molecule has 174 valence electrons. The van der Waals surface area contributed by atoms with Crippen molar-refractivity contribution in [2.24, 2.45) is 0 Å². The molecule has 2 amide bonds. The second-order valence-electron chi connectivity index (χ2n) is 8.18. The standard InChI is InChI=1S/C22H21F2N3O6/c1-31-20-18-22(30)27-13-5-14(10-32-9-13)33-17(27)8-26(18)7-15(19(20)28)21(29)25-6-11-2-3-12(23)4-16(11)24/h2-4,7,13-14,17H,5-6,8-10H2,1H3,(H,25,29)/t13-,14?,17-/m0/s1. The Bertz CT molecular complexity index is 1200. The van der Waals surface area contributed by atoms with E-state index in [1.807, 2.05) is 0 Å². The molecule has 3 aliphatic rings. The number of rotatable bonds is 4. The van der Waals surface area contributed by atoms with Crippen molar-refractivity contribution >= 4 is 11.8 Å². The number of benzene rings is 1. The van der Waals surface area contributed by atoms with Gasteiger partial charge in [0.2, 0.25) is 5.43 Å². The zero-order chi connectivity index (χ0) is 23.3. The number of carbonyl (C=O) groups is 2. The third kappa shape index (κ3) is 3.66. The van der Waals surface area contributed by atoms with Crippen LogP contribution in [-0.2, 0) is 22.6 Å². The van der Waals surface area contributed by atoms with Crippen molar-refractivity contribution in [3.63, 3.8) is 0 Å². The predicted molar refractivity (Wildman–Crippen MR) is 109 cm³/mol. The van der Waals surface area contributed by atoms with Crippen LogP contribution < -0.4 is 15.5 Å². The lowest BCUT2D eigenvalue weighted by Gasteiger charge is -2.50. The van der Waals surface area contributed by atoms with Gasteiger partial charge in [0.15, 0.2) is 17.7 Å². The highest BCUT2D eigenvalue weighted by Crippen LogP contribution is 2.33. The van der Waals surface area contributed by atoms with E-state index in [-0.39, 0.29) is 47.8 Å². The Kier molecular flexibility index (Phi) is 5.37. The number of hydrogen-bond acceptors (Lipinski definition) is 6. The Hall–Kier alpha value is -3.31. The Morgan fingerprint density at radius 3 is 2.85 bits per heavy atom. The number of carbonyl (C=O) groups excluding carboxylic acids is 2. The molecule has 2 bridgehead atoms. The molecule has 2 fully saturated rings. The van der Waals surface area contributed by atoms with Gasteiger partial charge in [0.1, 0.15) is 17.2 Å². The quantitative estimate of drug-likeness (QED) is 0.731. The lowest BCUT2D eigenvalue weighted by atomic mass is 10.0. The third-order valence-electron chi connectivity index (χ3n) is 6.13. The first-order chi connectivity index (χ1) is 15.9. The number of halogens is 2. The molecule has 1 unspecified atom stereocenters. The Labute approximate surface area is 186 Å². The predicted octanol–water partition coefficient (Wildman–Crippen LogP) is 1.03. The average Bonchev–Trinajstić information content (AvgIpc) is 2.78. The third-order valence-corrected chi connectivity index (χ3v) is 6.13. The fourth-order valence-electron chi connectivity index (χ4n) is 4.59. The molecule has 0 saturated carbocycles. The van der Waals surface area contributed by atoms with Crippen molar-refractivity contribution in [3.8, 4) is 5.75 Å². The van der Waals surface area contributed by atoms with Gasteiger partial charge in [-0.15, -0.1) is 0 Å². The number of amides is 2. The molecule has 2 aromatic rings. The summed E-state index contributed by atoms with van der Waals surface area (Å²) >= 11 is 0. The number of pyridine rings is 1. The lowest BCUT2D eigenvalue weighted by Crippen LogP contribution is -2.63. The van der Waals surface area contributed by atoms with Crippen LogP contribution in [-0.4, -0.2) is 60.0 Å². The molecule has 3 aliphatic heterocycles.